The van der Waals surface area contributed by atoms with Crippen LogP contribution >= 0.6 is 11.3 Å². The van der Waals surface area contributed by atoms with Crippen molar-refractivity contribution in [3.8, 4) is 0 Å². The minimum absolute atomic E-state index is 0.203. The van der Waals surface area contributed by atoms with E-state index in [1.165, 1.54) is 6.07 Å². The quantitative estimate of drug-likeness (QED) is 0.563. The molecule has 2 aromatic carbocycles. The van der Waals surface area contributed by atoms with Gasteiger partial charge in [0.25, 0.3) is 5.91 Å². The van der Waals surface area contributed by atoms with Crippen molar-refractivity contribution in [2.24, 2.45) is 0 Å². The topological polar surface area (TPSA) is 54.0 Å². The maximum atomic E-state index is 14.0. The summed E-state index contributed by atoms with van der Waals surface area (Å²) in [5.41, 5.74) is 1.43. The van der Waals surface area contributed by atoms with Crippen LogP contribution in [0.1, 0.15) is 10.4 Å². The van der Waals surface area contributed by atoms with Crippen molar-refractivity contribution in [1.29, 1.82) is 0 Å². The monoisotopic (exact) mass is 351 g/mol. The summed E-state index contributed by atoms with van der Waals surface area (Å²) in [6.07, 6.45) is 0. The Morgan fingerprint density at radius 2 is 1.92 bits per heavy atom. The van der Waals surface area contributed by atoms with Gasteiger partial charge in [-0.15, -0.1) is 11.3 Å². The number of pyridine rings is 1. The molecule has 0 aliphatic carbocycles. The molecular formula is C19H14FN3OS. The minimum Gasteiger partial charge on any atom is -0.355 e. The molecule has 0 spiro atoms. The predicted molar refractivity (Wildman–Crippen MR) is 100 cm³/mol. The van der Waals surface area contributed by atoms with Gasteiger partial charge in [-0.1, -0.05) is 24.3 Å². The lowest BCUT2D eigenvalue weighted by molar-refractivity contribution is 0.0964. The second kappa shape index (κ2) is 6.14. The molecule has 0 saturated heterocycles. The van der Waals surface area contributed by atoms with E-state index in [0.717, 1.165) is 15.5 Å². The second-order valence-corrected chi connectivity index (χ2v) is 6.43. The average molecular weight is 351 g/mol. The summed E-state index contributed by atoms with van der Waals surface area (Å²) in [6, 6.07) is 13.9. The van der Waals surface area contributed by atoms with Gasteiger partial charge in [0.05, 0.1) is 16.8 Å². The number of nitrogens with zero attached hydrogens (tertiary/aromatic N) is 1. The number of carbonyl (C=O) groups is 1. The molecule has 0 bridgehead atoms. The number of benzene rings is 2. The van der Waals surface area contributed by atoms with Crippen molar-refractivity contribution in [3.63, 3.8) is 0 Å². The van der Waals surface area contributed by atoms with E-state index in [-0.39, 0.29) is 11.7 Å². The zero-order valence-corrected chi connectivity index (χ0v) is 14.2. The Morgan fingerprint density at radius 1 is 1.08 bits per heavy atom. The molecule has 2 aromatic heterocycles. The van der Waals surface area contributed by atoms with Gasteiger partial charge in [-0.3, -0.25) is 4.79 Å². The van der Waals surface area contributed by atoms with Crippen LogP contribution in [-0.2, 0) is 0 Å². The Hall–Kier alpha value is -2.99. The van der Waals surface area contributed by atoms with E-state index in [1.807, 2.05) is 23.6 Å². The summed E-state index contributed by atoms with van der Waals surface area (Å²) in [5, 5.41) is 9.47. The Balaban J connectivity index is 1.98. The van der Waals surface area contributed by atoms with E-state index < -0.39 is 0 Å². The van der Waals surface area contributed by atoms with Gasteiger partial charge in [0.15, 0.2) is 0 Å². The maximum absolute atomic E-state index is 14.0. The van der Waals surface area contributed by atoms with Crippen molar-refractivity contribution in [3.05, 3.63) is 65.3 Å². The van der Waals surface area contributed by atoms with Gasteiger partial charge >= 0.3 is 0 Å². The van der Waals surface area contributed by atoms with Crippen LogP contribution in [-0.4, -0.2) is 17.9 Å². The van der Waals surface area contributed by atoms with Crippen molar-refractivity contribution < 1.29 is 9.18 Å². The van der Waals surface area contributed by atoms with Crippen LogP contribution in [0.25, 0.3) is 21.0 Å². The third kappa shape index (κ3) is 2.60. The van der Waals surface area contributed by atoms with Gasteiger partial charge in [-0.2, -0.15) is 0 Å². The van der Waals surface area contributed by atoms with E-state index >= 15 is 0 Å². The van der Waals surface area contributed by atoms with Gasteiger partial charge in [-0.25, -0.2) is 9.37 Å². The Kier molecular flexibility index (Phi) is 3.82. The number of hydrogen-bond donors (Lipinski definition) is 2. The molecule has 124 valence electrons. The number of amides is 1. The Morgan fingerprint density at radius 3 is 2.72 bits per heavy atom. The van der Waals surface area contributed by atoms with Crippen LogP contribution in [0, 0.1) is 5.82 Å². The first kappa shape index (κ1) is 15.5. The molecule has 4 rings (SSSR count). The van der Waals surface area contributed by atoms with Crippen LogP contribution in [0.3, 0.4) is 0 Å². The van der Waals surface area contributed by atoms with E-state index in [9.17, 15) is 9.18 Å². The number of nitrogens with one attached hydrogen (secondary N) is 2. The van der Waals surface area contributed by atoms with E-state index in [2.05, 4.69) is 15.6 Å². The summed E-state index contributed by atoms with van der Waals surface area (Å²) in [4.78, 5) is 16.8. The number of anilines is 2. The van der Waals surface area contributed by atoms with Crippen molar-refractivity contribution >= 4 is 49.7 Å². The molecular weight excluding hydrogens is 337 g/mol. The first-order chi connectivity index (χ1) is 12.2. The molecule has 0 radical (unpaired) electrons. The molecule has 25 heavy (non-hydrogen) atoms. The van der Waals surface area contributed by atoms with Crippen LogP contribution in [0.4, 0.5) is 15.9 Å². The number of carbonyl (C=O) groups excluding carboxylic acids is 1. The highest BCUT2D eigenvalue weighted by molar-refractivity contribution is 7.18. The number of para-hydroxylation sites is 2. The molecule has 0 aliphatic heterocycles. The molecule has 4 nitrogen and oxygen atoms in total. The normalized spacial score (nSPS) is 11.0. The highest BCUT2D eigenvalue weighted by Gasteiger charge is 2.16. The number of halogens is 1. The lowest BCUT2D eigenvalue weighted by Crippen LogP contribution is -2.18. The first-order valence-electron chi connectivity index (χ1n) is 7.72. The SMILES string of the molecule is CNC(=O)c1cccc2c1nc(Nc1ccccc1F)c1ccsc12. The summed E-state index contributed by atoms with van der Waals surface area (Å²) in [5.74, 6) is -0.0246. The van der Waals surface area contributed by atoms with Gasteiger partial charge < -0.3 is 10.6 Å². The third-order valence-electron chi connectivity index (χ3n) is 4.02. The molecule has 0 saturated carbocycles. The largest absolute Gasteiger partial charge is 0.355 e. The van der Waals surface area contributed by atoms with Crippen molar-refractivity contribution in [1.82, 2.24) is 10.3 Å². The zero-order valence-electron chi connectivity index (χ0n) is 13.3. The average Bonchev–Trinajstić information content (AvgIpc) is 3.13. The van der Waals surface area contributed by atoms with Crippen LogP contribution in [0.2, 0.25) is 0 Å². The van der Waals surface area contributed by atoms with Gasteiger partial charge in [-0.05, 0) is 29.6 Å². The summed E-state index contributed by atoms with van der Waals surface area (Å²) in [6.45, 7) is 0. The van der Waals surface area contributed by atoms with E-state index in [0.29, 0.717) is 22.6 Å². The third-order valence-corrected chi connectivity index (χ3v) is 4.97. The molecule has 0 aliphatic rings. The smallest absolute Gasteiger partial charge is 0.253 e. The fraction of sp³-hybridized carbons (Fsp3) is 0.0526. The van der Waals surface area contributed by atoms with E-state index in [4.69, 9.17) is 0 Å². The molecule has 1 amide bonds. The van der Waals surface area contributed by atoms with Crippen molar-refractivity contribution in [2.45, 2.75) is 0 Å². The molecule has 0 atom stereocenters. The second-order valence-electron chi connectivity index (χ2n) is 5.51. The van der Waals surface area contributed by atoms with Gasteiger partial charge in [0.1, 0.15) is 11.6 Å². The fourth-order valence-electron chi connectivity index (χ4n) is 2.83. The molecule has 6 heteroatoms. The Labute approximate surface area is 147 Å². The molecule has 0 fully saturated rings. The molecule has 4 aromatic rings. The number of rotatable bonds is 3. The molecule has 2 heterocycles. The summed E-state index contributed by atoms with van der Waals surface area (Å²) in [7, 11) is 1.59. The van der Waals surface area contributed by atoms with Crippen LogP contribution < -0.4 is 10.6 Å². The number of fused-ring (bicyclic) bond motifs is 3. The number of thiophene rings is 1. The zero-order chi connectivity index (χ0) is 17.4. The number of aromatic nitrogens is 1. The van der Waals surface area contributed by atoms with Gasteiger partial charge in [0.2, 0.25) is 0 Å². The summed E-state index contributed by atoms with van der Waals surface area (Å²) < 4.78 is 15.0. The highest BCUT2D eigenvalue weighted by atomic mass is 32.1. The molecule has 0 unspecified atom stereocenters. The summed E-state index contributed by atoms with van der Waals surface area (Å²) >= 11 is 1.57. The number of hydrogen-bond acceptors (Lipinski definition) is 4. The van der Waals surface area contributed by atoms with Gasteiger partial charge in [0, 0.05) is 22.5 Å². The lowest BCUT2D eigenvalue weighted by atomic mass is 10.1. The van der Waals surface area contributed by atoms with Crippen LogP contribution in [0.5, 0.6) is 0 Å². The first-order valence-corrected chi connectivity index (χ1v) is 8.60. The van der Waals surface area contributed by atoms with Crippen molar-refractivity contribution in [2.75, 3.05) is 12.4 Å². The molecule has 2 N–H and O–H groups in total. The minimum atomic E-state index is -0.354. The fourth-order valence-corrected chi connectivity index (χ4v) is 3.75. The van der Waals surface area contributed by atoms with E-state index in [1.54, 1.807) is 42.6 Å². The highest BCUT2D eigenvalue weighted by Crippen LogP contribution is 2.36. The Bertz CT molecular complexity index is 1110. The standard InChI is InChI=1S/C19H14FN3OS/c1-21-19(24)12-6-4-5-11-16(12)23-18(13-9-10-25-17(11)13)22-15-8-3-2-7-14(15)20/h2-10H,1H3,(H,21,24)(H,22,23). The predicted octanol–water partition coefficient (Wildman–Crippen LogP) is 4.69. The maximum Gasteiger partial charge on any atom is 0.253 e. The van der Waals surface area contributed by atoms with Crippen LogP contribution in [0.15, 0.2) is 53.9 Å². The lowest BCUT2D eigenvalue weighted by Gasteiger charge is -2.12.